The number of azo groups is 2. The van der Waals surface area contributed by atoms with Gasteiger partial charge in [-0.3, -0.25) is 13.7 Å². The van der Waals surface area contributed by atoms with E-state index in [-0.39, 0.29) is 74.3 Å². The molecule has 0 spiro atoms. The number of rotatable bonds is 12. The topological polar surface area (TPSA) is 310 Å². The Morgan fingerprint density at radius 3 is 1.59 bits per heavy atom. The Hall–Kier alpha value is -6.21. The van der Waals surface area contributed by atoms with Gasteiger partial charge in [-0.25, -0.2) is 0 Å². The Bertz CT molecular complexity index is 3370. The molecule has 63 heavy (non-hydrogen) atoms. The van der Waals surface area contributed by atoms with Gasteiger partial charge in [-0.1, -0.05) is 30.3 Å². The summed E-state index contributed by atoms with van der Waals surface area (Å²) in [5, 5.41) is 41.6. The summed E-state index contributed by atoms with van der Waals surface area (Å²) in [6.45, 7) is 0. The van der Waals surface area contributed by atoms with Crippen molar-refractivity contribution >= 4 is 121 Å². The van der Waals surface area contributed by atoms with Crippen LogP contribution in [0.1, 0.15) is 0 Å². The molecule has 7 rings (SSSR count). The van der Waals surface area contributed by atoms with Gasteiger partial charge < -0.3 is 30.7 Å². The van der Waals surface area contributed by atoms with E-state index in [0.29, 0.717) is 22.2 Å². The molecule has 0 fully saturated rings. The van der Waals surface area contributed by atoms with Gasteiger partial charge in [0.2, 0.25) is 0 Å². The van der Waals surface area contributed by atoms with Gasteiger partial charge in [-0.2, -0.15) is 25.3 Å². The van der Waals surface area contributed by atoms with Gasteiger partial charge in [-0.15, -0.1) is 20.5 Å². The summed E-state index contributed by atoms with van der Waals surface area (Å²) in [6.07, 6.45) is 0. The van der Waals surface area contributed by atoms with Crippen LogP contribution in [0.15, 0.2) is 144 Å². The zero-order chi connectivity index (χ0) is 44.7. The van der Waals surface area contributed by atoms with Gasteiger partial charge in [0, 0.05) is 57.4 Å². The first kappa shape index (κ1) is 46.3. The average molecular weight is 924 g/mol. The number of benzene rings is 7. The van der Waals surface area contributed by atoms with Gasteiger partial charge in [0.15, 0.2) is 11.5 Å². The fraction of sp³-hybridized carbons (Fsp3) is 0.0500. The second-order valence-electron chi connectivity index (χ2n) is 13.3. The zero-order valence-electron chi connectivity index (χ0n) is 33.0. The van der Waals surface area contributed by atoms with E-state index in [1.165, 1.54) is 38.5 Å². The van der Waals surface area contributed by atoms with E-state index >= 15 is 0 Å². The number of hydrogen-bond donors (Lipinski definition) is 7. The molecule has 8 N–H and O–H groups in total. The largest absolute Gasteiger partial charge is 0.505 e. The number of para-hydroxylation sites is 1. The van der Waals surface area contributed by atoms with E-state index in [1.807, 2.05) is 30.3 Å². The zero-order valence-corrected chi connectivity index (χ0v) is 37.4. The van der Waals surface area contributed by atoms with Crippen LogP contribution < -0.4 is 20.5 Å². The molecule has 0 atom stereocenters. The first-order chi connectivity index (χ1) is 29.3. The molecule has 23 heteroatoms. The van der Waals surface area contributed by atoms with Gasteiger partial charge >= 0.3 is 0 Å². The number of aromatic hydroxyl groups is 2. The minimum atomic E-state index is -5.11. The number of phenols is 2. The van der Waals surface area contributed by atoms with E-state index < -0.39 is 67.9 Å². The Labute approximate surface area is 381 Å². The summed E-state index contributed by atoms with van der Waals surface area (Å²) < 4.78 is 114. The van der Waals surface area contributed by atoms with E-state index in [1.54, 1.807) is 36.4 Å². The predicted molar refractivity (Wildman–Crippen MR) is 234 cm³/mol. The summed E-state index contributed by atoms with van der Waals surface area (Å²) in [6, 6.07) is 26.9. The summed E-state index contributed by atoms with van der Waals surface area (Å²) in [5.41, 5.74) is 6.88. The maximum atomic E-state index is 12.5. The van der Waals surface area contributed by atoms with Gasteiger partial charge in [0.1, 0.15) is 44.0 Å². The Kier molecular flexibility index (Phi) is 13.1. The van der Waals surface area contributed by atoms with Gasteiger partial charge in [0.05, 0.1) is 19.1 Å². The number of anilines is 3. The molecular weight excluding hydrogens is 892 g/mol. The van der Waals surface area contributed by atoms with Crippen molar-refractivity contribution in [2.75, 3.05) is 25.3 Å². The predicted octanol–water partition coefficient (Wildman–Crippen LogP) is 8.60. The number of nitrogen functional groups attached to an aromatic ring is 1. The molecule has 0 aliphatic carbocycles. The molecule has 1 radical (unpaired) electrons. The van der Waals surface area contributed by atoms with Crippen molar-refractivity contribution in [1.82, 2.24) is 0 Å². The van der Waals surface area contributed by atoms with E-state index in [0.717, 1.165) is 23.9 Å². The van der Waals surface area contributed by atoms with Crippen LogP contribution in [0.3, 0.4) is 0 Å². The van der Waals surface area contributed by atoms with Crippen molar-refractivity contribution in [1.29, 1.82) is 0 Å². The molecular formula is C40H32N6NaO13S3. The molecule has 319 valence electrons. The van der Waals surface area contributed by atoms with Crippen molar-refractivity contribution < 1.29 is 58.6 Å². The van der Waals surface area contributed by atoms with Crippen LogP contribution in [-0.2, 0) is 30.4 Å². The number of nitrogens with zero attached hydrogens (tertiary/aromatic N) is 4. The Morgan fingerprint density at radius 1 is 0.556 bits per heavy atom. The smallest absolute Gasteiger partial charge is 0.296 e. The van der Waals surface area contributed by atoms with Crippen molar-refractivity contribution in [3.05, 3.63) is 109 Å². The van der Waals surface area contributed by atoms with Crippen LogP contribution in [0.25, 0.3) is 32.7 Å². The number of hydrogen-bond acceptors (Lipinski definition) is 16. The molecule has 0 unspecified atom stereocenters. The molecule has 0 bridgehead atoms. The van der Waals surface area contributed by atoms with Crippen LogP contribution in [-0.4, -0.2) is 92.9 Å². The SMILES string of the molecule is COc1cc(-c2ccc(N=Nc3c(S(=O)(=O)O)cc4cc(S(=O)(=O)O)cc(N)c4c3O)c(OC)c2)ccc1N=Nc1c(S(=O)(=O)O)cc2cc(Nc3ccccc3)ccc2c1O.[Na]. The van der Waals surface area contributed by atoms with E-state index in [2.05, 4.69) is 25.8 Å². The maximum absolute atomic E-state index is 12.5. The third kappa shape index (κ3) is 9.73. The standard InChI is InChI=1S/C40H32N6O13S3.Na/c1-58-32-16-21(8-12-30(32)43-45-37-34(61(52,53)54)18-23-14-26(10-11-28(23)39(37)47)42-25-6-4-3-5-7-25)22-9-13-31(33(17-22)59-2)44-46-38-35(62(55,56)57)19-24-15-27(60(49,50)51)20-29(41)36(24)40(38)48;/h3-20,42,47-48H,41H2,1-2H3,(H,49,50,51)(H,52,53,54)(H,55,56,57);. The molecule has 0 amide bonds. The van der Waals surface area contributed by atoms with Crippen molar-refractivity contribution in [3.8, 4) is 34.1 Å². The van der Waals surface area contributed by atoms with Crippen molar-refractivity contribution in [3.63, 3.8) is 0 Å². The number of fused-ring (bicyclic) bond motifs is 2. The number of phenolic OH excluding ortho intramolecular Hbond substituents is 2. The molecule has 0 aliphatic heterocycles. The summed E-state index contributed by atoms with van der Waals surface area (Å²) in [5.74, 6) is -1.15. The monoisotopic (exact) mass is 923 g/mol. The summed E-state index contributed by atoms with van der Waals surface area (Å²) in [4.78, 5) is -2.33. The number of nitrogens with two attached hydrogens (primary N) is 1. The third-order valence-corrected chi connectivity index (χ3v) is 11.9. The Morgan fingerprint density at radius 2 is 1.08 bits per heavy atom. The van der Waals surface area contributed by atoms with Crippen LogP contribution in [0.5, 0.6) is 23.0 Å². The number of methoxy groups -OCH3 is 2. The second-order valence-corrected chi connectivity index (χ2v) is 17.5. The second kappa shape index (κ2) is 17.9. The van der Waals surface area contributed by atoms with Crippen molar-refractivity contribution in [2.45, 2.75) is 14.7 Å². The minimum Gasteiger partial charge on any atom is -0.505 e. The molecule has 0 saturated carbocycles. The summed E-state index contributed by atoms with van der Waals surface area (Å²) in [7, 11) is -12.1. The fourth-order valence-corrected chi connectivity index (χ4v) is 8.30. The van der Waals surface area contributed by atoms with Crippen LogP contribution in [0.4, 0.5) is 39.8 Å². The molecule has 0 aliphatic rings. The quantitative estimate of drug-likeness (QED) is 0.0261. The van der Waals surface area contributed by atoms with Crippen molar-refractivity contribution in [2.24, 2.45) is 20.5 Å². The Balaban J connectivity index is 0.00000661. The number of nitrogens with one attached hydrogen (secondary N) is 1. The molecule has 0 saturated heterocycles. The molecule has 0 aromatic heterocycles. The molecule has 0 heterocycles. The molecule has 7 aromatic carbocycles. The fourth-order valence-electron chi connectivity index (χ4n) is 6.43. The maximum Gasteiger partial charge on any atom is 0.296 e. The normalized spacial score (nSPS) is 12.2. The molecule has 19 nitrogen and oxygen atoms in total. The first-order valence-electron chi connectivity index (χ1n) is 17.6. The van der Waals surface area contributed by atoms with E-state index in [9.17, 15) is 49.1 Å². The van der Waals surface area contributed by atoms with Crippen LogP contribution in [0.2, 0.25) is 0 Å². The third-order valence-electron chi connectivity index (χ3n) is 9.33. The number of ether oxygens (including phenoxy) is 2. The van der Waals surface area contributed by atoms with Gasteiger partial charge in [-0.05, 0) is 101 Å². The summed E-state index contributed by atoms with van der Waals surface area (Å²) >= 11 is 0. The minimum absolute atomic E-state index is 0. The average Bonchev–Trinajstić information content (AvgIpc) is 3.21. The van der Waals surface area contributed by atoms with Crippen LogP contribution >= 0.6 is 0 Å². The van der Waals surface area contributed by atoms with Crippen LogP contribution in [0, 0.1) is 0 Å². The molecule has 7 aromatic rings. The first-order valence-corrected chi connectivity index (χ1v) is 21.9. The van der Waals surface area contributed by atoms with E-state index in [4.69, 9.17) is 15.2 Å². The van der Waals surface area contributed by atoms with Gasteiger partial charge in [0.25, 0.3) is 30.4 Å².